The lowest BCUT2D eigenvalue weighted by atomic mass is 9.85. The molecule has 0 amide bonds. The third kappa shape index (κ3) is 8.00. The molecule has 5 rings (SSSR count). The maximum Gasteiger partial charge on any atom is 0.459 e. The average Bonchev–Trinajstić information content (AvgIpc) is 3.84. The third-order valence-electron chi connectivity index (χ3n) is 8.25. The van der Waals surface area contributed by atoms with Crippen LogP contribution in [0.2, 0.25) is 0 Å². The highest BCUT2D eigenvalue weighted by Gasteiger charge is 2.67. The number of rotatable bonds is 14. The Morgan fingerprint density at radius 2 is 1.80 bits per heavy atom. The smallest absolute Gasteiger partial charge is 0.459 e. The molecule has 2 aliphatic heterocycles. The van der Waals surface area contributed by atoms with E-state index >= 15 is 0 Å². The van der Waals surface area contributed by atoms with Crippen molar-refractivity contribution in [2.75, 3.05) is 32.2 Å². The molecule has 0 radical (unpaired) electrons. The fourth-order valence-electron chi connectivity index (χ4n) is 5.41. The van der Waals surface area contributed by atoms with Gasteiger partial charge in [0.25, 0.3) is 0 Å². The number of nitrogens with zero attached hydrogens (tertiary/aromatic N) is 4. The predicted octanol–water partition coefficient (Wildman–Crippen LogP) is 3.08. The normalized spacial score (nSPS) is 24.9. The van der Waals surface area contributed by atoms with Gasteiger partial charge < -0.3 is 33.9 Å². The van der Waals surface area contributed by atoms with E-state index in [1.165, 1.54) is 36.0 Å². The molecular weight excluding hydrogens is 687 g/mol. The standard InChI is InChI=1S/C33H41N6O11P/c1-20(2)28(40)48-31-32(16-34,45-18-33(31,49-29(41)21(3)4)26-12-11-25-27(35)36-19-37-39(25)26)17-46-51(43,50-23-9-7-6-8-10-23)38-22(5)30(42)47-24-13-14-44-15-24/h6-12,19-22,24,31H,13-15,17-18H2,1-5H3,(H,38,43)(H2,35,36,37)/t22-,24+,31+,32+,33?,51+/m0/s1. The van der Waals surface area contributed by atoms with Crippen LogP contribution in [-0.2, 0) is 52.8 Å². The number of nitrogens with two attached hydrogens (primary N) is 1. The van der Waals surface area contributed by atoms with Gasteiger partial charge in [-0.2, -0.15) is 15.4 Å². The molecule has 51 heavy (non-hydrogen) atoms. The zero-order chi connectivity index (χ0) is 37.0. The number of anilines is 1. The van der Waals surface area contributed by atoms with E-state index in [2.05, 4.69) is 15.2 Å². The summed E-state index contributed by atoms with van der Waals surface area (Å²) in [5.74, 6) is -3.38. The molecule has 274 valence electrons. The number of para-hydroxylation sites is 1. The number of fused-ring (bicyclic) bond motifs is 1. The van der Waals surface area contributed by atoms with Gasteiger partial charge >= 0.3 is 25.7 Å². The summed E-state index contributed by atoms with van der Waals surface area (Å²) < 4.78 is 56.5. The Hall–Kier alpha value is -4.59. The number of benzene rings is 1. The van der Waals surface area contributed by atoms with Gasteiger partial charge in [0.15, 0.2) is 11.9 Å². The number of ether oxygens (including phenoxy) is 5. The molecule has 0 aliphatic carbocycles. The molecular formula is C33H41N6O11P. The maximum absolute atomic E-state index is 14.5. The molecule has 3 N–H and O–H groups in total. The van der Waals surface area contributed by atoms with Crippen molar-refractivity contribution in [3.63, 3.8) is 0 Å². The van der Waals surface area contributed by atoms with Crippen LogP contribution >= 0.6 is 7.75 Å². The molecule has 1 unspecified atom stereocenters. The lowest BCUT2D eigenvalue weighted by Gasteiger charge is -2.37. The molecule has 0 spiro atoms. The van der Waals surface area contributed by atoms with Crippen molar-refractivity contribution in [2.45, 2.75) is 70.5 Å². The minimum atomic E-state index is -4.58. The lowest BCUT2D eigenvalue weighted by molar-refractivity contribution is -0.191. The number of hydrogen-bond donors (Lipinski definition) is 2. The van der Waals surface area contributed by atoms with Crippen LogP contribution in [0.5, 0.6) is 5.75 Å². The van der Waals surface area contributed by atoms with E-state index in [-0.39, 0.29) is 23.9 Å². The second-order valence-corrected chi connectivity index (χ2v) is 14.5. The van der Waals surface area contributed by atoms with Gasteiger partial charge in [-0.25, -0.2) is 14.1 Å². The summed E-state index contributed by atoms with van der Waals surface area (Å²) in [6.07, 6.45) is -0.513. The predicted molar refractivity (Wildman–Crippen MR) is 178 cm³/mol. The minimum absolute atomic E-state index is 0.101. The van der Waals surface area contributed by atoms with E-state index in [0.29, 0.717) is 18.5 Å². The highest BCUT2D eigenvalue weighted by Crippen LogP contribution is 2.51. The van der Waals surface area contributed by atoms with Crippen LogP contribution in [0, 0.1) is 23.2 Å². The van der Waals surface area contributed by atoms with Crippen molar-refractivity contribution < 1.29 is 51.7 Å². The van der Waals surface area contributed by atoms with Crippen LogP contribution in [-0.4, -0.2) is 82.8 Å². The number of esters is 3. The molecule has 1 aromatic carbocycles. The fraction of sp³-hybridized carbons (Fsp3) is 0.515. The van der Waals surface area contributed by atoms with Gasteiger partial charge in [-0.3, -0.25) is 18.9 Å². The van der Waals surface area contributed by atoms with E-state index in [0.717, 1.165) is 0 Å². The molecule has 6 atom stereocenters. The monoisotopic (exact) mass is 728 g/mol. The first-order valence-electron chi connectivity index (χ1n) is 16.3. The summed E-state index contributed by atoms with van der Waals surface area (Å²) in [4.78, 5) is 43.7. The average molecular weight is 729 g/mol. The van der Waals surface area contributed by atoms with Crippen LogP contribution in [0.15, 0.2) is 48.8 Å². The molecule has 18 heteroatoms. The number of carbonyl (C=O) groups is 3. The largest absolute Gasteiger partial charge is 0.459 e. The second kappa shape index (κ2) is 15.3. The number of hydrogen-bond acceptors (Lipinski definition) is 15. The van der Waals surface area contributed by atoms with Crippen molar-refractivity contribution in [1.82, 2.24) is 19.7 Å². The number of nitriles is 1. The van der Waals surface area contributed by atoms with Crippen molar-refractivity contribution in [3.05, 3.63) is 54.5 Å². The Bertz CT molecular complexity index is 1830. The quantitative estimate of drug-likeness (QED) is 0.138. The van der Waals surface area contributed by atoms with Crippen LogP contribution < -0.4 is 15.3 Å². The van der Waals surface area contributed by atoms with Gasteiger partial charge in [-0.15, -0.1) is 0 Å². The summed E-state index contributed by atoms with van der Waals surface area (Å²) in [5.41, 5.74) is 2.31. The minimum Gasteiger partial charge on any atom is -0.459 e. The highest BCUT2D eigenvalue weighted by molar-refractivity contribution is 7.52. The molecule has 4 heterocycles. The Balaban J connectivity index is 1.55. The van der Waals surface area contributed by atoms with Gasteiger partial charge in [0.2, 0.25) is 11.2 Å². The molecule has 2 fully saturated rings. The first-order chi connectivity index (χ1) is 24.2. The van der Waals surface area contributed by atoms with Gasteiger partial charge in [-0.05, 0) is 31.2 Å². The maximum atomic E-state index is 14.5. The van der Waals surface area contributed by atoms with E-state index in [9.17, 15) is 24.2 Å². The Labute approximate surface area is 294 Å². The van der Waals surface area contributed by atoms with Crippen LogP contribution in [0.1, 0.15) is 46.7 Å². The zero-order valence-electron chi connectivity index (χ0n) is 28.8. The van der Waals surface area contributed by atoms with E-state index in [1.54, 1.807) is 52.0 Å². The molecule has 2 saturated heterocycles. The van der Waals surface area contributed by atoms with E-state index < -0.39 is 80.2 Å². The Morgan fingerprint density at radius 1 is 1.08 bits per heavy atom. The topological polar surface area (TPSA) is 225 Å². The molecule has 0 bridgehead atoms. The Morgan fingerprint density at radius 3 is 2.45 bits per heavy atom. The van der Waals surface area contributed by atoms with Gasteiger partial charge in [0.1, 0.15) is 42.4 Å². The van der Waals surface area contributed by atoms with E-state index in [4.69, 9.17) is 38.5 Å². The van der Waals surface area contributed by atoms with Crippen molar-refractivity contribution in [3.8, 4) is 11.8 Å². The zero-order valence-corrected chi connectivity index (χ0v) is 29.7. The molecule has 0 saturated carbocycles. The molecule has 2 aliphatic rings. The Kier molecular flexibility index (Phi) is 11.3. The summed E-state index contributed by atoms with van der Waals surface area (Å²) in [6, 6.07) is 11.9. The summed E-state index contributed by atoms with van der Waals surface area (Å²) in [7, 11) is -4.58. The summed E-state index contributed by atoms with van der Waals surface area (Å²) >= 11 is 0. The fourth-order valence-corrected chi connectivity index (χ4v) is 6.93. The van der Waals surface area contributed by atoms with Crippen molar-refractivity contribution in [1.29, 1.82) is 5.26 Å². The summed E-state index contributed by atoms with van der Waals surface area (Å²) in [6.45, 7) is 7.04. The molecule has 17 nitrogen and oxygen atoms in total. The first kappa shape index (κ1) is 37.7. The molecule has 2 aromatic heterocycles. The number of nitrogens with one attached hydrogen (secondary N) is 1. The van der Waals surface area contributed by atoms with Crippen LogP contribution in [0.25, 0.3) is 5.52 Å². The molecule has 3 aromatic rings. The number of nitrogen functional groups attached to an aromatic ring is 1. The highest BCUT2D eigenvalue weighted by atomic mass is 31.2. The van der Waals surface area contributed by atoms with Crippen LogP contribution in [0.4, 0.5) is 5.82 Å². The number of aromatic nitrogens is 3. The van der Waals surface area contributed by atoms with Gasteiger partial charge in [0.05, 0.1) is 37.4 Å². The summed E-state index contributed by atoms with van der Waals surface area (Å²) in [5, 5.41) is 17.7. The second-order valence-electron chi connectivity index (χ2n) is 12.8. The SMILES string of the molecule is CC(C)C(=O)O[C@H]1C(OC(=O)C(C)C)(c2ccc3c(N)ncnn23)CO[C@]1(C#N)CO[P@](=O)(N[C@@H](C)C(=O)O[C@@H]1CCOC1)Oc1ccccc1. The third-order valence-corrected chi connectivity index (χ3v) is 9.87. The number of carbonyl (C=O) groups excluding carboxylic acids is 3. The first-order valence-corrected chi connectivity index (χ1v) is 17.9. The lowest BCUT2D eigenvalue weighted by Crippen LogP contribution is -2.55. The van der Waals surface area contributed by atoms with E-state index in [1.807, 2.05) is 6.07 Å². The van der Waals surface area contributed by atoms with Crippen molar-refractivity contribution >= 4 is 37.0 Å². The van der Waals surface area contributed by atoms with Gasteiger partial charge in [-0.1, -0.05) is 45.9 Å². The van der Waals surface area contributed by atoms with Gasteiger partial charge in [0, 0.05) is 6.42 Å². The van der Waals surface area contributed by atoms with Crippen molar-refractivity contribution in [2.24, 2.45) is 11.8 Å². The van der Waals surface area contributed by atoms with Crippen LogP contribution in [0.3, 0.4) is 0 Å².